The molecule has 1 aliphatic heterocycles. The summed E-state index contributed by atoms with van der Waals surface area (Å²) in [4.78, 5) is 26.9. The summed E-state index contributed by atoms with van der Waals surface area (Å²) in [7, 11) is 0. The van der Waals surface area contributed by atoms with Gasteiger partial charge in [-0.25, -0.2) is 0 Å². The van der Waals surface area contributed by atoms with Gasteiger partial charge in [0.1, 0.15) is 11.3 Å². The van der Waals surface area contributed by atoms with E-state index in [0.29, 0.717) is 43.0 Å². The Bertz CT molecular complexity index is 907. The Morgan fingerprint density at radius 2 is 1.84 bits per heavy atom. The maximum atomic E-state index is 12.9. The lowest BCUT2D eigenvalue weighted by molar-refractivity contribution is 0.0285. The average Bonchev–Trinajstić information content (AvgIpc) is 3.30. The second kappa shape index (κ2) is 6.45. The molecule has 7 heteroatoms. The highest BCUT2D eigenvalue weighted by Crippen LogP contribution is 2.32. The molecule has 1 fully saturated rings. The Balaban J connectivity index is 1.72. The molecule has 1 aromatic carbocycles. The van der Waals surface area contributed by atoms with Gasteiger partial charge >= 0.3 is 0 Å². The van der Waals surface area contributed by atoms with E-state index in [0.717, 1.165) is 0 Å². The smallest absolute Gasteiger partial charge is 0.291 e. The van der Waals surface area contributed by atoms with Crippen LogP contribution >= 0.6 is 0 Å². The molecule has 0 atom stereocenters. The zero-order valence-electron chi connectivity index (χ0n) is 13.4. The number of anilines is 1. The molecular formula is C18H16N2O5. The SMILES string of the molecule is O=C(Nc1c(C(=O)N2CCOCC2)oc2ccccc12)c1ccco1. The van der Waals surface area contributed by atoms with Crippen LogP contribution in [0.15, 0.2) is 51.5 Å². The van der Waals surface area contributed by atoms with Crippen molar-refractivity contribution in [1.29, 1.82) is 0 Å². The summed E-state index contributed by atoms with van der Waals surface area (Å²) in [6.07, 6.45) is 1.42. The molecule has 0 saturated carbocycles. The molecule has 7 nitrogen and oxygen atoms in total. The van der Waals surface area contributed by atoms with Crippen LogP contribution in [0, 0.1) is 0 Å². The van der Waals surface area contributed by atoms with Crippen molar-refractivity contribution in [2.45, 2.75) is 0 Å². The van der Waals surface area contributed by atoms with Crippen molar-refractivity contribution in [3.8, 4) is 0 Å². The summed E-state index contributed by atoms with van der Waals surface area (Å²) in [5, 5.41) is 3.42. The predicted molar refractivity (Wildman–Crippen MR) is 89.6 cm³/mol. The van der Waals surface area contributed by atoms with Crippen molar-refractivity contribution in [2.24, 2.45) is 0 Å². The van der Waals surface area contributed by atoms with Gasteiger partial charge in [0, 0.05) is 18.5 Å². The van der Waals surface area contributed by atoms with Crippen LogP contribution in [0.4, 0.5) is 5.69 Å². The number of nitrogens with one attached hydrogen (secondary N) is 1. The third-order valence-electron chi connectivity index (χ3n) is 4.07. The molecule has 1 N–H and O–H groups in total. The minimum atomic E-state index is -0.437. The number of morpholine rings is 1. The number of ether oxygens (including phenoxy) is 1. The van der Waals surface area contributed by atoms with Crippen LogP contribution < -0.4 is 5.32 Å². The van der Waals surface area contributed by atoms with Gasteiger partial charge < -0.3 is 23.8 Å². The number of carbonyl (C=O) groups is 2. The predicted octanol–water partition coefficient (Wildman–Crippen LogP) is 2.75. The molecule has 0 radical (unpaired) electrons. The summed E-state index contributed by atoms with van der Waals surface area (Å²) in [6.45, 7) is 1.95. The van der Waals surface area contributed by atoms with Gasteiger partial charge in [-0.1, -0.05) is 12.1 Å². The zero-order valence-corrected chi connectivity index (χ0v) is 13.4. The molecule has 2 aromatic heterocycles. The highest BCUT2D eigenvalue weighted by Gasteiger charge is 2.28. The zero-order chi connectivity index (χ0) is 17.2. The van der Waals surface area contributed by atoms with Gasteiger partial charge in [0.15, 0.2) is 5.76 Å². The molecule has 4 rings (SSSR count). The Labute approximate surface area is 143 Å². The van der Waals surface area contributed by atoms with E-state index in [9.17, 15) is 9.59 Å². The molecule has 1 aliphatic rings. The van der Waals surface area contributed by atoms with Crippen LogP contribution in [-0.2, 0) is 4.74 Å². The summed E-state index contributed by atoms with van der Waals surface area (Å²) in [6, 6.07) is 10.4. The molecule has 1 saturated heterocycles. The van der Waals surface area contributed by atoms with Crippen molar-refractivity contribution in [3.63, 3.8) is 0 Å². The summed E-state index contributed by atoms with van der Waals surface area (Å²) in [5.41, 5.74) is 0.891. The van der Waals surface area contributed by atoms with Crippen molar-refractivity contribution >= 4 is 28.5 Å². The lowest BCUT2D eigenvalue weighted by Gasteiger charge is -2.26. The lowest BCUT2D eigenvalue weighted by Crippen LogP contribution is -2.40. The van der Waals surface area contributed by atoms with Gasteiger partial charge in [0.25, 0.3) is 11.8 Å². The Hall–Kier alpha value is -3.06. The summed E-state index contributed by atoms with van der Waals surface area (Å²) < 4.78 is 16.2. The molecule has 0 bridgehead atoms. The molecule has 3 heterocycles. The maximum absolute atomic E-state index is 12.9. The summed E-state index contributed by atoms with van der Waals surface area (Å²) >= 11 is 0. The number of hydrogen-bond acceptors (Lipinski definition) is 5. The van der Waals surface area contributed by atoms with Crippen LogP contribution in [0.2, 0.25) is 0 Å². The first-order valence-corrected chi connectivity index (χ1v) is 7.97. The molecule has 0 unspecified atom stereocenters. The first kappa shape index (κ1) is 15.5. The first-order chi connectivity index (χ1) is 12.2. The second-order valence-electron chi connectivity index (χ2n) is 5.64. The van der Waals surface area contributed by atoms with Crippen molar-refractivity contribution < 1.29 is 23.2 Å². The number of amides is 2. The van der Waals surface area contributed by atoms with E-state index < -0.39 is 5.91 Å². The number of furan rings is 2. The number of rotatable bonds is 3. The van der Waals surface area contributed by atoms with E-state index >= 15 is 0 Å². The van der Waals surface area contributed by atoms with Gasteiger partial charge in [0.2, 0.25) is 5.76 Å². The van der Waals surface area contributed by atoms with E-state index in [1.54, 1.807) is 29.2 Å². The van der Waals surface area contributed by atoms with Crippen LogP contribution in [-0.4, -0.2) is 43.0 Å². The van der Waals surface area contributed by atoms with E-state index in [2.05, 4.69) is 5.32 Å². The molecule has 2 amide bonds. The van der Waals surface area contributed by atoms with Gasteiger partial charge in [-0.2, -0.15) is 0 Å². The van der Waals surface area contributed by atoms with Crippen LogP contribution in [0.3, 0.4) is 0 Å². The fourth-order valence-corrected chi connectivity index (χ4v) is 2.81. The fourth-order valence-electron chi connectivity index (χ4n) is 2.81. The van der Waals surface area contributed by atoms with Crippen LogP contribution in [0.1, 0.15) is 21.1 Å². The highest BCUT2D eigenvalue weighted by molar-refractivity contribution is 6.13. The Morgan fingerprint density at radius 3 is 2.60 bits per heavy atom. The lowest BCUT2D eigenvalue weighted by atomic mass is 10.2. The minimum Gasteiger partial charge on any atom is -0.459 e. The molecule has 3 aromatic rings. The van der Waals surface area contributed by atoms with Crippen LogP contribution in [0.5, 0.6) is 0 Å². The Morgan fingerprint density at radius 1 is 1.04 bits per heavy atom. The van der Waals surface area contributed by atoms with E-state index in [1.165, 1.54) is 6.26 Å². The van der Waals surface area contributed by atoms with Crippen LogP contribution in [0.25, 0.3) is 11.0 Å². The first-order valence-electron chi connectivity index (χ1n) is 7.97. The number of hydrogen-bond donors (Lipinski definition) is 1. The fraction of sp³-hybridized carbons (Fsp3) is 0.222. The van der Waals surface area contributed by atoms with Crippen molar-refractivity contribution in [3.05, 3.63) is 54.2 Å². The second-order valence-corrected chi connectivity index (χ2v) is 5.64. The van der Waals surface area contributed by atoms with Gasteiger partial charge in [-0.05, 0) is 24.3 Å². The van der Waals surface area contributed by atoms with Crippen molar-refractivity contribution in [1.82, 2.24) is 4.90 Å². The van der Waals surface area contributed by atoms with E-state index in [4.69, 9.17) is 13.6 Å². The average molecular weight is 340 g/mol. The van der Waals surface area contributed by atoms with Gasteiger partial charge in [0.05, 0.1) is 19.5 Å². The molecule has 128 valence electrons. The number of nitrogens with zero attached hydrogens (tertiary/aromatic N) is 1. The number of benzene rings is 1. The minimum absolute atomic E-state index is 0.114. The molecular weight excluding hydrogens is 324 g/mol. The largest absolute Gasteiger partial charge is 0.459 e. The van der Waals surface area contributed by atoms with Crippen molar-refractivity contribution in [2.75, 3.05) is 31.6 Å². The normalized spacial score (nSPS) is 14.6. The number of para-hydroxylation sites is 1. The molecule has 0 aliphatic carbocycles. The highest BCUT2D eigenvalue weighted by atomic mass is 16.5. The van der Waals surface area contributed by atoms with Gasteiger partial charge in [-0.15, -0.1) is 0 Å². The number of carbonyl (C=O) groups excluding carboxylic acids is 2. The molecule has 0 spiro atoms. The molecule has 25 heavy (non-hydrogen) atoms. The van der Waals surface area contributed by atoms with Gasteiger partial charge in [-0.3, -0.25) is 9.59 Å². The number of fused-ring (bicyclic) bond motifs is 1. The standard InChI is InChI=1S/C18H16N2O5/c21-17(14-6-3-9-24-14)19-15-12-4-1-2-5-13(12)25-16(15)18(22)20-7-10-23-11-8-20/h1-6,9H,7-8,10-11H2,(H,19,21). The third kappa shape index (κ3) is 2.89. The Kier molecular flexibility index (Phi) is 3.99. The van der Waals surface area contributed by atoms with E-state index in [1.807, 2.05) is 12.1 Å². The van der Waals surface area contributed by atoms with E-state index in [-0.39, 0.29) is 17.4 Å². The quantitative estimate of drug-likeness (QED) is 0.792. The monoisotopic (exact) mass is 340 g/mol. The third-order valence-corrected chi connectivity index (χ3v) is 4.07. The summed E-state index contributed by atoms with van der Waals surface area (Å²) in [5.74, 6) is -0.431. The maximum Gasteiger partial charge on any atom is 0.291 e. The topological polar surface area (TPSA) is 84.9 Å².